The fraction of sp³-hybridized carbons (Fsp3) is 0.167. The highest BCUT2D eigenvalue weighted by atomic mass is 35.5. The van der Waals surface area contributed by atoms with E-state index in [1.54, 1.807) is 31.4 Å². The Labute approximate surface area is 159 Å². The molecule has 26 heavy (non-hydrogen) atoms. The number of anilines is 1. The standard InChI is InChI=1S/C18H16ClN3O3S/c1-24-13-8-6-12(7-9-13)10-17-21-22-18(25-17)26-11-16(23)20-15-5-3-2-4-14(15)19/h2-9H,10-11H2,1H3,(H,20,23). The summed E-state index contributed by atoms with van der Waals surface area (Å²) in [6.07, 6.45) is 0.517. The number of amides is 1. The third-order valence-electron chi connectivity index (χ3n) is 3.44. The van der Waals surface area contributed by atoms with Crippen LogP contribution in [0.3, 0.4) is 0 Å². The molecule has 0 bridgehead atoms. The van der Waals surface area contributed by atoms with E-state index in [1.807, 2.05) is 24.3 Å². The molecular weight excluding hydrogens is 374 g/mol. The van der Waals surface area contributed by atoms with Gasteiger partial charge in [0, 0.05) is 0 Å². The van der Waals surface area contributed by atoms with Crippen LogP contribution >= 0.6 is 23.4 Å². The van der Waals surface area contributed by atoms with Crippen molar-refractivity contribution in [1.29, 1.82) is 0 Å². The average molecular weight is 390 g/mol. The van der Waals surface area contributed by atoms with Crippen LogP contribution in [0.15, 0.2) is 58.2 Å². The molecular formula is C18H16ClN3O3S. The fourth-order valence-corrected chi connectivity index (χ4v) is 2.93. The van der Waals surface area contributed by atoms with Crippen LogP contribution in [0.25, 0.3) is 0 Å². The molecule has 0 fully saturated rings. The molecule has 6 nitrogen and oxygen atoms in total. The lowest BCUT2D eigenvalue weighted by atomic mass is 10.1. The number of para-hydroxylation sites is 1. The number of hydrogen-bond acceptors (Lipinski definition) is 6. The second kappa shape index (κ2) is 8.73. The monoisotopic (exact) mass is 389 g/mol. The van der Waals surface area contributed by atoms with E-state index in [0.717, 1.165) is 11.3 Å². The quantitative estimate of drug-likeness (QED) is 0.614. The molecule has 0 aliphatic rings. The number of carbonyl (C=O) groups is 1. The number of aromatic nitrogens is 2. The van der Waals surface area contributed by atoms with Gasteiger partial charge in [0.05, 0.1) is 30.0 Å². The molecule has 2 aromatic carbocycles. The van der Waals surface area contributed by atoms with Crippen LogP contribution < -0.4 is 10.1 Å². The van der Waals surface area contributed by atoms with Gasteiger partial charge in [0.1, 0.15) is 5.75 Å². The van der Waals surface area contributed by atoms with Crippen LogP contribution in [-0.2, 0) is 11.2 Å². The maximum atomic E-state index is 12.0. The molecule has 1 aromatic heterocycles. The van der Waals surface area contributed by atoms with E-state index in [1.165, 1.54) is 11.8 Å². The molecule has 134 valence electrons. The highest BCUT2D eigenvalue weighted by Crippen LogP contribution is 2.22. The Bertz CT molecular complexity index is 883. The van der Waals surface area contributed by atoms with Crippen LogP contribution in [0, 0.1) is 0 Å². The molecule has 0 saturated carbocycles. The zero-order valence-electron chi connectivity index (χ0n) is 13.9. The summed E-state index contributed by atoms with van der Waals surface area (Å²) in [5.74, 6) is 1.23. The lowest BCUT2D eigenvalue weighted by molar-refractivity contribution is -0.113. The van der Waals surface area contributed by atoms with Crippen LogP contribution in [0.1, 0.15) is 11.5 Å². The number of thioether (sulfide) groups is 1. The molecule has 0 atom stereocenters. The van der Waals surface area contributed by atoms with Gasteiger partial charge in [-0.05, 0) is 29.8 Å². The zero-order chi connectivity index (χ0) is 18.4. The highest BCUT2D eigenvalue weighted by molar-refractivity contribution is 7.99. The molecule has 1 amide bonds. The van der Waals surface area contributed by atoms with Crippen molar-refractivity contribution < 1.29 is 13.9 Å². The fourth-order valence-electron chi connectivity index (χ4n) is 2.16. The molecule has 0 aliphatic heterocycles. The normalized spacial score (nSPS) is 10.5. The molecule has 0 unspecified atom stereocenters. The molecule has 0 radical (unpaired) electrons. The number of nitrogens with zero attached hydrogens (tertiary/aromatic N) is 2. The second-order valence-electron chi connectivity index (χ2n) is 5.30. The summed E-state index contributed by atoms with van der Waals surface area (Å²) in [4.78, 5) is 12.0. The van der Waals surface area contributed by atoms with Crippen molar-refractivity contribution >= 4 is 35.0 Å². The van der Waals surface area contributed by atoms with Crippen LogP contribution in [0.4, 0.5) is 5.69 Å². The van der Waals surface area contributed by atoms with Gasteiger partial charge in [-0.1, -0.05) is 47.6 Å². The smallest absolute Gasteiger partial charge is 0.277 e. The van der Waals surface area contributed by atoms with E-state index in [0.29, 0.717) is 28.2 Å². The number of benzene rings is 2. The topological polar surface area (TPSA) is 77.2 Å². The van der Waals surface area contributed by atoms with E-state index in [-0.39, 0.29) is 11.7 Å². The van der Waals surface area contributed by atoms with Gasteiger partial charge in [-0.15, -0.1) is 10.2 Å². The van der Waals surface area contributed by atoms with E-state index in [4.69, 9.17) is 20.8 Å². The Morgan fingerprint density at radius 3 is 2.69 bits per heavy atom. The highest BCUT2D eigenvalue weighted by Gasteiger charge is 2.11. The van der Waals surface area contributed by atoms with E-state index in [2.05, 4.69) is 15.5 Å². The van der Waals surface area contributed by atoms with Crippen molar-refractivity contribution in [2.24, 2.45) is 0 Å². The SMILES string of the molecule is COc1ccc(Cc2nnc(SCC(=O)Nc3ccccc3Cl)o2)cc1. The summed E-state index contributed by atoms with van der Waals surface area (Å²) in [5.41, 5.74) is 1.60. The molecule has 3 aromatic rings. The summed E-state index contributed by atoms with van der Waals surface area (Å²) in [6.45, 7) is 0. The number of rotatable bonds is 7. The molecule has 0 saturated heterocycles. The van der Waals surface area contributed by atoms with Crippen molar-refractivity contribution in [3.63, 3.8) is 0 Å². The second-order valence-corrected chi connectivity index (χ2v) is 6.64. The lowest BCUT2D eigenvalue weighted by Gasteiger charge is -2.05. The number of ether oxygens (including phenoxy) is 1. The summed E-state index contributed by atoms with van der Waals surface area (Å²) in [6, 6.07) is 14.7. The van der Waals surface area contributed by atoms with Crippen molar-refractivity contribution in [3.8, 4) is 5.75 Å². The molecule has 1 heterocycles. The average Bonchev–Trinajstić information content (AvgIpc) is 3.10. The van der Waals surface area contributed by atoms with Gasteiger partial charge in [-0.3, -0.25) is 4.79 Å². The number of methoxy groups -OCH3 is 1. The molecule has 3 rings (SSSR count). The van der Waals surface area contributed by atoms with E-state index in [9.17, 15) is 4.79 Å². The van der Waals surface area contributed by atoms with Gasteiger partial charge in [0.25, 0.3) is 5.22 Å². The summed E-state index contributed by atoms with van der Waals surface area (Å²) in [5, 5.41) is 11.6. The van der Waals surface area contributed by atoms with Crippen molar-refractivity contribution in [3.05, 3.63) is 65.0 Å². The maximum absolute atomic E-state index is 12.0. The van der Waals surface area contributed by atoms with Crippen LogP contribution in [0.5, 0.6) is 5.75 Å². The number of hydrogen-bond donors (Lipinski definition) is 1. The number of halogens is 1. The number of carbonyl (C=O) groups excluding carboxylic acids is 1. The Morgan fingerprint density at radius 1 is 1.19 bits per heavy atom. The molecule has 1 N–H and O–H groups in total. The van der Waals surface area contributed by atoms with Crippen molar-refractivity contribution in [1.82, 2.24) is 10.2 Å². The molecule has 8 heteroatoms. The van der Waals surface area contributed by atoms with Gasteiger partial charge >= 0.3 is 0 Å². The lowest BCUT2D eigenvalue weighted by Crippen LogP contribution is -2.14. The van der Waals surface area contributed by atoms with Crippen molar-refractivity contribution in [2.45, 2.75) is 11.6 Å². The minimum absolute atomic E-state index is 0.148. The van der Waals surface area contributed by atoms with Crippen LogP contribution in [-0.4, -0.2) is 29.0 Å². The minimum atomic E-state index is -0.196. The van der Waals surface area contributed by atoms with Crippen molar-refractivity contribution in [2.75, 3.05) is 18.2 Å². The molecule has 0 spiro atoms. The van der Waals surface area contributed by atoms with Crippen LogP contribution in [0.2, 0.25) is 5.02 Å². The summed E-state index contributed by atoms with van der Waals surface area (Å²) in [7, 11) is 1.62. The van der Waals surface area contributed by atoms with Gasteiger partial charge < -0.3 is 14.5 Å². The van der Waals surface area contributed by atoms with E-state index < -0.39 is 0 Å². The van der Waals surface area contributed by atoms with Gasteiger partial charge in [-0.2, -0.15) is 0 Å². The maximum Gasteiger partial charge on any atom is 0.277 e. The summed E-state index contributed by atoms with van der Waals surface area (Å²) >= 11 is 7.19. The van der Waals surface area contributed by atoms with Gasteiger partial charge in [-0.25, -0.2) is 0 Å². The van der Waals surface area contributed by atoms with Gasteiger partial charge in [0.15, 0.2) is 0 Å². The Morgan fingerprint density at radius 2 is 1.96 bits per heavy atom. The third-order valence-corrected chi connectivity index (χ3v) is 4.59. The van der Waals surface area contributed by atoms with E-state index >= 15 is 0 Å². The number of nitrogens with one attached hydrogen (secondary N) is 1. The predicted molar refractivity (Wildman–Crippen MR) is 101 cm³/mol. The Balaban J connectivity index is 1.51. The minimum Gasteiger partial charge on any atom is -0.497 e. The van der Waals surface area contributed by atoms with Gasteiger partial charge in [0.2, 0.25) is 11.8 Å². The first kappa shape index (κ1) is 18.3. The largest absolute Gasteiger partial charge is 0.497 e. The first-order chi connectivity index (χ1) is 12.6. The predicted octanol–water partition coefficient (Wildman–Crippen LogP) is 4.05. The Kier molecular flexibility index (Phi) is 6.14. The zero-order valence-corrected chi connectivity index (χ0v) is 15.5. The molecule has 0 aliphatic carbocycles. The summed E-state index contributed by atoms with van der Waals surface area (Å²) < 4.78 is 10.7. The Hall–Kier alpha value is -2.51. The third kappa shape index (κ3) is 5.00. The first-order valence-corrected chi connectivity index (χ1v) is 9.13. The first-order valence-electron chi connectivity index (χ1n) is 7.76.